The Morgan fingerprint density at radius 1 is 1.32 bits per heavy atom. The minimum absolute atomic E-state index is 0.0802. The molecule has 0 saturated heterocycles. The van der Waals surface area contributed by atoms with E-state index in [4.69, 9.17) is 13.9 Å². The van der Waals surface area contributed by atoms with Gasteiger partial charge in [0.2, 0.25) is 6.29 Å². The van der Waals surface area contributed by atoms with Gasteiger partial charge in [0.15, 0.2) is 11.5 Å². The number of hydrogen-bond acceptors (Lipinski definition) is 5. The smallest absolute Gasteiger partial charge is 0.217 e. The van der Waals surface area contributed by atoms with Gasteiger partial charge >= 0.3 is 0 Å². The van der Waals surface area contributed by atoms with Crippen molar-refractivity contribution in [3.8, 4) is 0 Å². The topological polar surface area (TPSA) is 61.6 Å². The van der Waals surface area contributed by atoms with E-state index in [1.807, 2.05) is 13.8 Å². The Balaban J connectivity index is 2.45. The first kappa shape index (κ1) is 13.7. The number of Topliss-reactive ketones (excluding diaryl/α,β-unsaturated/α-hetero) is 1. The lowest BCUT2D eigenvalue weighted by atomic mass is 10.2. The predicted molar refractivity (Wildman–Crippen MR) is 70.0 cm³/mol. The third kappa shape index (κ3) is 2.83. The minimum atomic E-state index is -0.554. The molecular weight excluding hydrogens is 246 g/mol. The largest absolute Gasteiger partial charge is 0.455 e. The molecule has 0 spiro atoms. The first-order valence-corrected chi connectivity index (χ1v) is 6.29. The molecule has 2 aromatic rings. The molecular formula is C14H17NO4. The molecule has 5 nitrogen and oxygen atoms in total. The monoisotopic (exact) mass is 263 g/mol. The second kappa shape index (κ2) is 5.95. The molecule has 19 heavy (non-hydrogen) atoms. The highest BCUT2D eigenvalue weighted by Gasteiger charge is 2.19. The van der Waals surface area contributed by atoms with Crippen LogP contribution in [0.2, 0.25) is 0 Å². The summed E-state index contributed by atoms with van der Waals surface area (Å²) in [5.41, 5.74) is 0.998. The number of ketones is 1. The van der Waals surface area contributed by atoms with Gasteiger partial charge in [0.1, 0.15) is 5.58 Å². The van der Waals surface area contributed by atoms with E-state index in [-0.39, 0.29) is 5.78 Å². The van der Waals surface area contributed by atoms with E-state index in [0.29, 0.717) is 30.1 Å². The van der Waals surface area contributed by atoms with E-state index in [0.717, 1.165) is 5.39 Å². The number of aromatic nitrogens is 1. The van der Waals surface area contributed by atoms with Crippen molar-refractivity contribution < 1.29 is 18.7 Å². The number of carbonyl (C=O) groups is 1. The molecule has 0 aromatic carbocycles. The van der Waals surface area contributed by atoms with Crippen LogP contribution in [-0.2, 0) is 9.47 Å². The predicted octanol–water partition coefficient (Wildman–Crippen LogP) is 3.10. The molecule has 0 unspecified atom stereocenters. The van der Waals surface area contributed by atoms with E-state index in [9.17, 15) is 4.79 Å². The Bertz CT molecular complexity index is 570. The van der Waals surface area contributed by atoms with Crippen LogP contribution < -0.4 is 0 Å². The molecule has 2 heterocycles. The molecule has 0 atom stereocenters. The first-order valence-electron chi connectivity index (χ1n) is 6.29. The quantitative estimate of drug-likeness (QED) is 0.592. The molecule has 2 aromatic heterocycles. The molecule has 0 bridgehead atoms. The molecule has 0 aliphatic heterocycles. The van der Waals surface area contributed by atoms with Crippen LogP contribution in [0.4, 0.5) is 0 Å². The summed E-state index contributed by atoms with van der Waals surface area (Å²) in [4.78, 5) is 15.6. The molecule has 0 amide bonds. The first-order chi connectivity index (χ1) is 9.17. The zero-order valence-electron chi connectivity index (χ0n) is 11.3. The number of ether oxygens (including phenoxy) is 2. The fourth-order valence-electron chi connectivity index (χ4n) is 1.86. The van der Waals surface area contributed by atoms with Crippen molar-refractivity contribution >= 4 is 16.8 Å². The van der Waals surface area contributed by atoms with Crippen molar-refractivity contribution in [3.05, 3.63) is 29.8 Å². The zero-order valence-corrected chi connectivity index (χ0v) is 11.3. The van der Waals surface area contributed by atoms with Crippen LogP contribution in [0.5, 0.6) is 0 Å². The van der Waals surface area contributed by atoms with Crippen LogP contribution in [-0.4, -0.2) is 24.0 Å². The SMILES string of the molecule is CCOC(OCC)c1cc2cncc(C(C)=O)c2o1. The van der Waals surface area contributed by atoms with Crippen LogP contribution in [0.3, 0.4) is 0 Å². The average molecular weight is 263 g/mol. The normalized spacial score (nSPS) is 11.4. The molecule has 2 rings (SSSR count). The summed E-state index contributed by atoms with van der Waals surface area (Å²) in [6.45, 7) is 6.29. The van der Waals surface area contributed by atoms with Gasteiger partial charge in [0.25, 0.3) is 0 Å². The van der Waals surface area contributed by atoms with Crippen molar-refractivity contribution in [1.29, 1.82) is 0 Å². The van der Waals surface area contributed by atoms with Crippen molar-refractivity contribution in [3.63, 3.8) is 0 Å². The Morgan fingerprint density at radius 3 is 2.58 bits per heavy atom. The van der Waals surface area contributed by atoms with Crippen molar-refractivity contribution in [2.75, 3.05) is 13.2 Å². The van der Waals surface area contributed by atoms with Crippen molar-refractivity contribution in [1.82, 2.24) is 4.98 Å². The number of hydrogen-bond donors (Lipinski definition) is 0. The molecule has 0 N–H and O–H groups in total. The number of fused-ring (bicyclic) bond motifs is 1. The van der Waals surface area contributed by atoms with Gasteiger partial charge in [-0.3, -0.25) is 9.78 Å². The maximum Gasteiger partial charge on any atom is 0.217 e. The number of carbonyl (C=O) groups excluding carboxylic acids is 1. The fourth-order valence-corrected chi connectivity index (χ4v) is 1.86. The number of nitrogens with zero attached hydrogens (tertiary/aromatic N) is 1. The van der Waals surface area contributed by atoms with Crippen molar-refractivity contribution in [2.24, 2.45) is 0 Å². The Hall–Kier alpha value is -1.72. The molecule has 0 aliphatic carbocycles. The van der Waals surface area contributed by atoms with Gasteiger partial charge in [-0.1, -0.05) is 0 Å². The highest BCUT2D eigenvalue weighted by atomic mass is 16.7. The summed E-state index contributed by atoms with van der Waals surface area (Å²) in [6.07, 6.45) is 2.61. The lowest BCUT2D eigenvalue weighted by Gasteiger charge is -2.13. The van der Waals surface area contributed by atoms with Crippen LogP contribution >= 0.6 is 0 Å². The summed E-state index contributed by atoms with van der Waals surface area (Å²) in [5.74, 6) is 0.470. The van der Waals surface area contributed by atoms with Crippen molar-refractivity contribution in [2.45, 2.75) is 27.1 Å². The molecule has 0 saturated carbocycles. The zero-order chi connectivity index (χ0) is 13.8. The van der Waals surface area contributed by atoms with Gasteiger partial charge in [-0.25, -0.2) is 0 Å². The van der Waals surface area contributed by atoms with Gasteiger partial charge < -0.3 is 13.9 Å². The number of furan rings is 1. The number of rotatable bonds is 6. The van der Waals surface area contributed by atoms with Crippen LogP contribution in [0, 0.1) is 0 Å². The summed E-state index contributed by atoms with van der Waals surface area (Å²) in [5, 5.41) is 0.770. The highest BCUT2D eigenvalue weighted by Crippen LogP contribution is 2.28. The highest BCUT2D eigenvalue weighted by molar-refractivity contribution is 6.04. The van der Waals surface area contributed by atoms with Crippen LogP contribution in [0.1, 0.15) is 43.2 Å². The molecule has 5 heteroatoms. The summed E-state index contributed by atoms with van der Waals surface area (Å²) < 4.78 is 16.7. The van der Waals surface area contributed by atoms with E-state index in [1.54, 1.807) is 12.3 Å². The Labute approximate surface area is 111 Å². The minimum Gasteiger partial charge on any atom is -0.455 e. The van der Waals surface area contributed by atoms with Gasteiger partial charge in [0, 0.05) is 31.0 Å². The van der Waals surface area contributed by atoms with E-state index < -0.39 is 6.29 Å². The molecule has 0 aliphatic rings. The Kier molecular flexibility index (Phi) is 4.29. The lowest BCUT2D eigenvalue weighted by molar-refractivity contribution is -0.150. The van der Waals surface area contributed by atoms with Gasteiger partial charge in [-0.2, -0.15) is 0 Å². The molecule has 0 radical (unpaired) electrons. The average Bonchev–Trinajstić information content (AvgIpc) is 2.81. The third-order valence-corrected chi connectivity index (χ3v) is 2.69. The van der Waals surface area contributed by atoms with Gasteiger partial charge in [-0.15, -0.1) is 0 Å². The van der Waals surface area contributed by atoms with Crippen LogP contribution in [0.25, 0.3) is 11.0 Å². The van der Waals surface area contributed by atoms with E-state index in [2.05, 4.69) is 4.98 Å². The maximum atomic E-state index is 11.5. The maximum absolute atomic E-state index is 11.5. The van der Waals surface area contributed by atoms with Gasteiger partial charge in [0.05, 0.1) is 5.56 Å². The molecule has 102 valence electrons. The summed E-state index contributed by atoms with van der Waals surface area (Å²) in [6, 6.07) is 1.80. The van der Waals surface area contributed by atoms with E-state index in [1.165, 1.54) is 13.1 Å². The molecule has 0 fully saturated rings. The van der Waals surface area contributed by atoms with Gasteiger partial charge in [-0.05, 0) is 26.8 Å². The second-order valence-electron chi connectivity index (χ2n) is 4.05. The van der Waals surface area contributed by atoms with Crippen LogP contribution in [0.15, 0.2) is 22.9 Å². The third-order valence-electron chi connectivity index (χ3n) is 2.69. The lowest BCUT2D eigenvalue weighted by Crippen LogP contribution is -2.07. The summed E-state index contributed by atoms with van der Waals surface area (Å²) >= 11 is 0. The second-order valence-corrected chi connectivity index (χ2v) is 4.05. The summed E-state index contributed by atoms with van der Waals surface area (Å²) in [7, 11) is 0. The Morgan fingerprint density at radius 2 is 2.00 bits per heavy atom. The number of pyridine rings is 1. The fraction of sp³-hybridized carbons (Fsp3) is 0.429. The van der Waals surface area contributed by atoms with E-state index >= 15 is 0 Å². The standard InChI is InChI=1S/C14H17NO4/c1-4-17-14(18-5-2)12-6-10-7-15-8-11(9(3)16)13(10)19-12/h6-8,14H,4-5H2,1-3H3.